The predicted molar refractivity (Wildman–Crippen MR) is 118 cm³/mol. The van der Waals surface area contributed by atoms with Gasteiger partial charge in [0.05, 0.1) is 43.0 Å². The molecule has 2 aromatic rings. The van der Waals surface area contributed by atoms with E-state index in [2.05, 4.69) is 4.74 Å². The van der Waals surface area contributed by atoms with Gasteiger partial charge in [-0.2, -0.15) is 22.8 Å². The van der Waals surface area contributed by atoms with Crippen molar-refractivity contribution in [1.82, 2.24) is 0 Å². The zero-order valence-corrected chi connectivity index (χ0v) is 18.9. The number of allylic oxidation sites excluding steroid dienone is 1. The molecule has 12 heteroatoms. The van der Waals surface area contributed by atoms with Gasteiger partial charge in [0.15, 0.2) is 0 Å². The third-order valence-corrected chi connectivity index (χ3v) is 5.19. The lowest BCUT2D eigenvalue weighted by atomic mass is 9.81. The first-order chi connectivity index (χ1) is 17.1. The average molecular weight is 505 g/mol. The minimum Gasteiger partial charge on any atom is -0.466 e. The number of alkyl halides is 4. The largest absolute Gasteiger partial charge is 0.466 e. The molecule has 1 atom stereocenters. The maximum Gasteiger partial charge on any atom is 0.461 e. The Hall–Kier alpha value is -4.53. The molecule has 3 rings (SSSR count). The van der Waals surface area contributed by atoms with Crippen molar-refractivity contribution in [2.75, 3.05) is 19.1 Å². The van der Waals surface area contributed by atoms with Crippen LogP contribution in [0.15, 0.2) is 77.3 Å². The van der Waals surface area contributed by atoms with Crippen molar-refractivity contribution in [3.63, 3.8) is 0 Å². The molecule has 1 unspecified atom stereocenters. The second-order valence-electron chi connectivity index (χ2n) is 7.30. The first-order valence-corrected chi connectivity index (χ1v) is 10.2. The Morgan fingerprint density at radius 2 is 1.69 bits per heavy atom. The molecule has 2 N–H and O–H groups in total. The molecule has 1 aliphatic rings. The fourth-order valence-electron chi connectivity index (χ4n) is 3.67. The smallest absolute Gasteiger partial charge is 0.461 e. The monoisotopic (exact) mass is 505 g/mol. The van der Waals surface area contributed by atoms with Crippen LogP contribution < -0.4 is 15.4 Å². The highest BCUT2D eigenvalue weighted by molar-refractivity contribution is 6.06. The molecule has 2 aromatic carbocycles. The van der Waals surface area contributed by atoms with E-state index >= 15 is 0 Å². The van der Waals surface area contributed by atoms with Gasteiger partial charge in [0.25, 0.3) is 0 Å². The topological polar surface area (TPSA) is 115 Å². The van der Waals surface area contributed by atoms with Crippen LogP contribution in [0.3, 0.4) is 0 Å². The Labute approximate surface area is 202 Å². The van der Waals surface area contributed by atoms with Crippen molar-refractivity contribution in [1.29, 1.82) is 5.26 Å². The number of ether oxygens (including phenoxy) is 3. The summed E-state index contributed by atoms with van der Waals surface area (Å²) in [6.07, 6.45) is -8.93. The Morgan fingerprint density at radius 1 is 1.06 bits per heavy atom. The molecule has 0 aromatic heterocycles. The van der Waals surface area contributed by atoms with Crippen LogP contribution in [0.5, 0.6) is 5.75 Å². The lowest BCUT2D eigenvalue weighted by Crippen LogP contribution is -2.40. The van der Waals surface area contributed by atoms with Crippen molar-refractivity contribution >= 4 is 17.6 Å². The molecular formula is C24H19F4N3O5. The summed E-state index contributed by atoms with van der Waals surface area (Å²) in [4.78, 5) is 26.8. The van der Waals surface area contributed by atoms with E-state index in [9.17, 15) is 32.4 Å². The van der Waals surface area contributed by atoms with E-state index in [1.807, 2.05) is 6.07 Å². The summed E-state index contributed by atoms with van der Waals surface area (Å²) in [5.41, 5.74) is 5.61. The highest BCUT2D eigenvalue weighted by Crippen LogP contribution is 2.43. The van der Waals surface area contributed by atoms with Crippen LogP contribution >= 0.6 is 0 Å². The van der Waals surface area contributed by atoms with Gasteiger partial charge in [0.2, 0.25) is 0 Å². The summed E-state index contributed by atoms with van der Waals surface area (Å²) in [5.74, 6) is -4.24. The fraction of sp³-hybridized carbons (Fsp3) is 0.208. The van der Waals surface area contributed by atoms with Gasteiger partial charge in [-0.3, -0.25) is 4.90 Å². The number of anilines is 1. The summed E-state index contributed by atoms with van der Waals surface area (Å²) in [5, 5.41) is 9.97. The first kappa shape index (κ1) is 26.1. The number of halogens is 4. The van der Waals surface area contributed by atoms with Crippen LogP contribution in [0.25, 0.3) is 0 Å². The molecule has 36 heavy (non-hydrogen) atoms. The lowest BCUT2D eigenvalue weighted by molar-refractivity contribution is -0.253. The Bertz CT molecular complexity index is 1270. The lowest BCUT2D eigenvalue weighted by Gasteiger charge is -2.36. The van der Waals surface area contributed by atoms with Crippen LogP contribution in [0, 0.1) is 11.3 Å². The summed E-state index contributed by atoms with van der Waals surface area (Å²) in [7, 11) is 2.09. The van der Waals surface area contributed by atoms with Gasteiger partial charge in [-0.25, -0.2) is 9.59 Å². The molecule has 0 bridgehead atoms. The van der Waals surface area contributed by atoms with E-state index in [4.69, 9.17) is 15.2 Å². The highest BCUT2D eigenvalue weighted by Gasteiger charge is 2.45. The van der Waals surface area contributed by atoms with Gasteiger partial charge in [-0.15, -0.1) is 0 Å². The van der Waals surface area contributed by atoms with Gasteiger partial charge >= 0.3 is 24.5 Å². The number of carbonyl (C=O) groups excluding carboxylic acids is 2. The van der Waals surface area contributed by atoms with Crippen molar-refractivity contribution < 1.29 is 41.4 Å². The predicted octanol–water partition coefficient (Wildman–Crippen LogP) is 3.82. The number of hydrogen-bond acceptors (Lipinski definition) is 8. The molecular weight excluding hydrogens is 486 g/mol. The zero-order chi connectivity index (χ0) is 26.6. The van der Waals surface area contributed by atoms with Gasteiger partial charge in [-0.1, -0.05) is 36.4 Å². The van der Waals surface area contributed by atoms with E-state index in [1.165, 1.54) is 12.1 Å². The van der Waals surface area contributed by atoms with Crippen LogP contribution in [0.2, 0.25) is 0 Å². The van der Waals surface area contributed by atoms with E-state index in [1.54, 1.807) is 30.3 Å². The minimum atomic E-state index is -4.81. The number of methoxy groups -OCH3 is 2. The number of carbonyl (C=O) groups is 2. The minimum absolute atomic E-state index is 0.156. The second-order valence-corrected chi connectivity index (χ2v) is 7.30. The average Bonchev–Trinajstić information content (AvgIpc) is 2.87. The number of nitriles is 1. The summed E-state index contributed by atoms with van der Waals surface area (Å²) in [6, 6.07) is 14.4. The number of hydrogen-bond donors (Lipinski definition) is 1. The molecule has 0 radical (unpaired) electrons. The molecule has 188 valence electrons. The quantitative estimate of drug-likeness (QED) is 0.446. The number of nitrogens with two attached hydrogens (primary N) is 1. The van der Waals surface area contributed by atoms with Gasteiger partial charge in [-0.05, 0) is 17.7 Å². The Balaban J connectivity index is 2.31. The third-order valence-electron chi connectivity index (χ3n) is 5.19. The molecule has 0 saturated heterocycles. The molecule has 0 aliphatic carbocycles. The Kier molecular flexibility index (Phi) is 7.53. The van der Waals surface area contributed by atoms with E-state index in [0.29, 0.717) is 5.56 Å². The van der Waals surface area contributed by atoms with E-state index in [-0.39, 0.29) is 22.7 Å². The van der Waals surface area contributed by atoms with Crippen molar-refractivity contribution in [3.05, 3.63) is 82.8 Å². The summed E-state index contributed by atoms with van der Waals surface area (Å²) >= 11 is 0. The maximum absolute atomic E-state index is 13.5. The molecule has 0 saturated carbocycles. The van der Waals surface area contributed by atoms with Gasteiger partial charge in [0.1, 0.15) is 17.3 Å². The SMILES string of the molecule is COC(=O)C1=C(C(=O)OC)N(c2cccc(OC(F)(F)C(F)F)c2)C(N)=C(C#N)C1c1ccccc1. The Morgan fingerprint density at radius 3 is 2.25 bits per heavy atom. The molecule has 8 nitrogen and oxygen atoms in total. The van der Waals surface area contributed by atoms with Crippen LogP contribution in [0.4, 0.5) is 23.2 Å². The number of esters is 2. The maximum atomic E-state index is 13.5. The van der Waals surface area contributed by atoms with Crippen molar-refractivity contribution in [2.24, 2.45) is 5.73 Å². The normalized spacial score (nSPS) is 16.1. The highest BCUT2D eigenvalue weighted by atomic mass is 19.3. The summed E-state index contributed by atoms with van der Waals surface area (Å²) < 4.78 is 66.2. The third kappa shape index (κ3) is 4.81. The fourth-order valence-corrected chi connectivity index (χ4v) is 3.67. The second kappa shape index (κ2) is 10.4. The number of benzene rings is 2. The molecule has 0 spiro atoms. The van der Waals surface area contributed by atoms with Gasteiger partial charge in [0, 0.05) is 6.07 Å². The van der Waals surface area contributed by atoms with Crippen molar-refractivity contribution in [3.8, 4) is 11.8 Å². The number of rotatable bonds is 7. The first-order valence-electron chi connectivity index (χ1n) is 10.2. The summed E-state index contributed by atoms with van der Waals surface area (Å²) in [6.45, 7) is 0. The zero-order valence-electron chi connectivity index (χ0n) is 18.9. The van der Waals surface area contributed by atoms with Crippen molar-refractivity contribution in [2.45, 2.75) is 18.5 Å². The molecule has 1 heterocycles. The standard InChI is InChI=1S/C24H19F4N3O5/c1-34-21(32)18-17(13-7-4-3-5-8-13)16(12-29)20(30)31(19(18)22(33)35-2)14-9-6-10-15(11-14)36-24(27,28)23(25)26/h3-11,17,23H,30H2,1-2H3. The molecule has 0 fully saturated rings. The van der Waals surface area contributed by atoms with Crippen LogP contribution in [-0.4, -0.2) is 38.7 Å². The van der Waals surface area contributed by atoms with Crippen LogP contribution in [0.1, 0.15) is 11.5 Å². The van der Waals surface area contributed by atoms with E-state index in [0.717, 1.165) is 31.3 Å². The molecule has 1 aliphatic heterocycles. The van der Waals surface area contributed by atoms with Gasteiger partial charge < -0.3 is 19.9 Å². The molecule has 0 amide bonds. The van der Waals surface area contributed by atoms with E-state index < -0.39 is 41.8 Å². The number of nitrogens with zero attached hydrogens (tertiary/aromatic N) is 2. The van der Waals surface area contributed by atoms with Crippen LogP contribution in [-0.2, 0) is 19.1 Å².